The number of carbonyl (C=O) groups excluding carboxylic acids is 1. The van der Waals surface area contributed by atoms with Gasteiger partial charge in [-0.15, -0.1) is 0 Å². The molecule has 108 valence electrons. The molecule has 4 nitrogen and oxygen atoms in total. The second kappa shape index (κ2) is 7.14. The van der Waals surface area contributed by atoms with Gasteiger partial charge in [-0.1, -0.05) is 24.3 Å². The standard InChI is InChI=1S/C17H17NO3/c1-20-14-7-5-6-13(12-14)10-11-17(19)18-15-8-3-4-9-16(15)21-2/h3-12H,1-2H3,(H,18,19)/b11-10+. The lowest BCUT2D eigenvalue weighted by Crippen LogP contribution is -2.08. The summed E-state index contributed by atoms with van der Waals surface area (Å²) in [6, 6.07) is 14.7. The average Bonchev–Trinajstić information content (AvgIpc) is 2.53. The zero-order valence-corrected chi connectivity index (χ0v) is 12.0. The molecule has 0 aliphatic carbocycles. The van der Waals surface area contributed by atoms with Crippen LogP contribution in [0.3, 0.4) is 0 Å². The maximum Gasteiger partial charge on any atom is 0.248 e. The molecule has 0 fully saturated rings. The van der Waals surface area contributed by atoms with Crippen molar-refractivity contribution in [1.82, 2.24) is 0 Å². The first-order valence-electron chi connectivity index (χ1n) is 6.49. The first-order valence-corrected chi connectivity index (χ1v) is 6.49. The second-order valence-corrected chi connectivity index (χ2v) is 4.30. The highest BCUT2D eigenvalue weighted by molar-refractivity contribution is 6.02. The fourth-order valence-corrected chi connectivity index (χ4v) is 1.84. The number of para-hydroxylation sites is 2. The highest BCUT2D eigenvalue weighted by Crippen LogP contribution is 2.23. The number of anilines is 1. The topological polar surface area (TPSA) is 47.6 Å². The maximum atomic E-state index is 11.9. The quantitative estimate of drug-likeness (QED) is 0.856. The number of ether oxygens (including phenoxy) is 2. The molecule has 0 radical (unpaired) electrons. The minimum absolute atomic E-state index is 0.220. The van der Waals surface area contributed by atoms with Crippen molar-refractivity contribution in [3.8, 4) is 11.5 Å². The van der Waals surface area contributed by atoms with Gasteiger partial charge in [0.1, 0.15) is 11.5 Å². The van der Waals surface area contributed by atoms with Gasteiger partial charge in [0.15, 0.2) is 0 Å². The van der Waals surface area contributed by atoms with Crippen LogP contribution < -0.4 is 14.8 Å². The number of amides is 1. The molecular weight excluding hydrogens is 266 g/mol. The van der Waals surface area contributed by atoms with Gasteiger partial charge in [-0.05, 0) is 35.9 Å². The van der Waals surface area contributed by atoms with E-state index in [1.807, 2.05) is 36.4 Å². The molecule has 2 rings (SSSR count). The number of nitrogens with one attached hydrogen (secondary N) is 1. The third kappa shape index (κ3) is 4.11. The van der Waals surface area contributed by atoms with E-state index >= 15 is 0 Å². The van der Waals surface area contributed by atoms with E-state index in [0.717, 1.165) is 11.3 Å². The molecule has 0 atom stereocenters. The van der Waals surface area contributed by atoms with Crippen LogP contribution in [0, 0.1) is 0 Å². The molecule has 4 heteroatoms. The summed E-state index contributed by atoms with van der Waals surface area (Å²) in [6.45, 7) is 0. The van der Waals surface area contributed by atoms with E-state index in [-0.39, 0.29) is 5.91 Å². The van der Waals surface area contributed by atoms with E-state index in [9.17, 15) is 4.79 Å². The third-order valence-corrected chi connectivity index (χ3v) is 2.89. The molecule has 21 heavy (non-hydrogen) atoms. The van der Waals surface area contributed by atoms with Crippen LogP contribution in [-0.2, 0) is 4.79 Å². The molecule has 1 amide bonds. The third-order valence-electron chi connectivity index (χ3n) is 2.89. The minimum Gasteiger partial charge on any atom is -0.497 e. The summed E-state index contributed by atoms with van der Waals surface area (Å²) in [5, 5.41) is 2.78. The Bertz CT molecular complexity index is 650. The van der Waals surface area contributed by atoms with E-state index in [1.54, 1.807) is 32.4 Å². The van der Waals surface area contributed by atoms with E-state index < -0.39 is 0 Å². The molecule has 0 saturated heterocycles. The predicted octanol–water partition coefficient (Wildman–Crippen LogP) is 3.36. The molecule has 0 bridgehead atoms. The van der Waals surface area contributed by atoms with E-state index in [4.69, 9.17) is 9.47 Å². The summed E-state index contributed by atoms with van der Waals surface area (Å²) in [4.78, 5) is 11.9. The van der Waals surface area contributed by atoms with E-state index in [2.05, 4.69) is 5.32 Å². The Hall–Kier alpha value is -2.75. The number of hydrogen-bond donors (Lipinski definition) is 1. The molecule has 0 spiro atoms. The van der Waals surface area contributed by atoms with Gasteiger partial charge in [0.25, 0.3) is 0 Å². The van der Waals surface area contributed by atoms with Crippen LogP contribution >= 0.6 is 0 Å². The van der Waals surface area contributed by atoms with E-state index in [1.165, 1.54) is 6.08 Å². The van der Waals surface area contributed by atoms with Crippen LogP contribution in [0.5, 0.6) is 11.5 Å². The van der Waals surface area contributed by atoms with Gasteiger partial charge < -0.3 is 14.8 Å². The Balaban J connectivity index is 2.05. The summed E-state index contributed by atoms with van der Waals surface area (Å²) in [5.41, 5.74) is 1.53. The van der Waals surface area contributed by atoms with Crippen molar-refractivity contribution in [2.45, 2.75) is 0 Å². The van der Waals surface area contributed by atoms with Crippen molar-refractivity contribution in [2.24, 2.45) is 0 Å². The first kappa shape index (κ1) is 14.7. The molecule has 0 saturated carbocycles. The maximum absolute atomic E-state index is 11.9. The molecule has 2 aromatic rings. The van der Waals surface area contributed by atoms with Crippen molar-refractivity contribution in [3.63, 3.8) is 0 Å². The Labute approximate surface area is 124 Å². The molecule has 1 N–H and O–H groups in total. The second-order valence-electron chi connectivity index (χ2n) is 4.30. The minimum atomic E-state index is -0.220. The molecular formula is C17H17NO3. The van der Waals surface area contributed by atoms with Crippen LogP contribution in [0.15, 0.2) is 54.6 Å². The zero-order chi connectivity index (χ0) is 15.1. The monoisotopic (exact) mass is 283 g/mol. The van der Waals surface area contributed by atoms with Crippen LogP contribution in [0.4, 0.5) is 5.69 Å². The van der Waals surface area contributed by atoms with Crippen LogP contribution in [0.2, 0.25) is 0 Å². The summed E-state index contributed by atoms with van der Waals surface area (Å²) < 4.78 is 10.3. The number of benzene rings is 2. The fraction of sp³-hybridized carbons (Fsp3) is 0.118. The molecule has 0 aliphatic heterocycles. The van der Waals surface area contributed by atoms with E-state index in [0.29, 0.717) is 11.4 Å². The molecule has 0 heterocycles. The van der Waals surface area contributed by atoms with Gasteiger partial charge in [-0.2, -0.15) is 0 Å². The molecule has 0 aromatic heterocycles. The summed E-state index contributed by atoms with van der Waals surface area (Å²) >= 11 is 0. The summed E-state index contributed by atoms with van der Waals surface area (Å²) in [7, 11) is 3.17. The van der Waals surface area contributed by atoms with Gasteiger partial charge in [-0.25, -0.2) is 0 Å². The van der Waals surface area contributed by atoms with Gasteiger partial charge in [0, 0.05) is 6.08 Å². The zero-order valence-electron chi connectivity index (χ0n) is 12.0. The van der Waals surface area contributed by atoms with Crippen LogP contribution in [0.1, 0.15) is 5.56 Å². The summed E-state index contributed by atoms with van der Waals surface area (Å²) in [5.74, 6) is 1.16. The number of carbonyl (C=O) groups is 1. The predicted molar refractivity (Wildman–Crippen MR) is 83.7 cm³/mol. The van der Waals surface area contributed by atoms with Crippen LogP contribution in [0.25, 0.3) is 6.08 Å². The number of hydrogen-bond acceptors (Lipinski definition) is 3. The number of methoxy groups -OCH3 is 2. The largest absolute Gasteiger partial charge is 0.497 e. The lowest BCUT2D eigenvalue weighted by molar-refractivity contribution is -0.111. The average molecular weight is 283 g/mol. The van der Waals surface area contributed by atoms with Crippen molar-refractivity contribution >= 4 is 17.7 Å². The Morgan fingerprint density at radius 1 is 1.05 bits per heavy atom. The fourth-order valence-electron chi connectivity index (χ4n) is 1.84. The van der Waals surface area contributed by atoms with Crippen molar-refractivity contribution < 1.29 is 14.3 Å². The van der Waals surface area contributed by atoms with Gasteiger partial charge in [0.2, 0.25) is 5.91 Å². The van der Waals surface area contributed by atoms with Crippen LogP contribution in [-0.4, -0.2) is 20.1 Å². The number of rotatable bonds is 5. The Morgan fingerprint density at radius 3 is 2.62 bits per heavy atom. The Morgan fingerprint density at radius 2 is 1.86 bits per heavy atom. The van der Waals surface area contributed by atoms with Crippen molar-refractivity contribution in [1.29, 1.82) is 0 Å². The van der Waals surface area contributed by atoms with Gasteiger partial charge in [-0.3, -0.25) is 4.79 Å². The van der Waals surface area contributed by atoms with Gasteiger partial charge >= 0.3 is 0 Å². The van der Waals surface area contributed by atoms with Crippen molar-refractivity contribution in [2.75, 3.05) is 19.5 Å². The van der Waals surface area contributed by atoms with Gasteiger partial charge in [0.05, 0.1) is 19.9 Å². The highest BCUT2D eigenvalue weighted by atomic mass is 16.5. The Kier molecular flexibility index (Phi) is 4.99. The molecule has 0 unspecified atom stereocenters. The highest BCUT2D eigenvalue weighted by Gasteiger charge is 2.03. The molecule has 2 aromatic carbocycles. The molecule has 0 aliphatic rings. The smallest absolute Gasteiger partial charge is 0.248 e. The first-order chi connectivity index (χ1) is 10.2. The summed E-state index contributed by atoms with van der Waals surface area (Å²) in [6.07, 6.45) is 3.20. The lowest BCUT2D eigenvalue weighted by atomic mass is 10.2. The normalized spacial score (nSPS) is 10.4. The SMILES string of the molecule is COc1cccc(/C=C/C(=O)Nc2ccccc2OC)c1. The van der Waals surface area contributed by atoms with Crippen molar-refractivity contribution in [3.05, 3.63) is 60.2 Å². The lowest BCUT2D eigenvalue weighted by Gasteiger charge is -2.07.